The van der Waals surface area contributed by atoms with E-state index in [4.69, 9.17) is 10.2 Å². The maximum atomic E-state index is 14.1. The molecule has 2 aromatic carbocycles. The van der Waals surface area contributed by atoms with Crippen LogP contribution in [0.25, 0.3) is 11.1 Å². The van der Waals surface area contributed by atoms with Crippen LogP contribution in [0.15, 0.2) is 66.9 Å². The number of unbranched alkanes of at least 4 members (excludes halogenated alkanes) is 4. The van der Waals surface area contributed by atoms with E-state index < -0.39 is 11.8 Å². The first kappa shape index (κ1) is 25.2. The van der Waals surface area contributed by atoms with Gasteiger partial charge in [0.2, 0.25) is 0 Å². The van der Waals surface area contributed by atoms with Crippen molar-refractivity contribution in [2.75, 3.05) is 6.61 Å². The number of carboxylic acid groups (broad SMARTS) is 1. The highest BCUT2D eigenvalue weighted by atomic mass is 19.1. The minimum atomic E-state index is -1.12. The van der Waals surface area contributed by atoms with E-state index in [1.807, 2.05) is 42.5 Å². The first-order chi connectivity index (χ1) is 15.5. The molecule has 0 aliphatic carbocycles. The Bertz CT molecular complexity index is 943. The molecular formula is C27H32FNO3. The Kier molecular flexibility index (Phi) is 11.1. The van der Waals surface area contributed by atoms with Crippen molar-refractivity contribution in [1.29, 1.82) is 0 Å². The molecule has 3 aromatic rings. The zero-order valence-electron chi connectivity index (χ0n) is 18.6. The molecule has 1 aromatic heterocycles. The molecule has 0 aliphatic rings. The smallest absolute Gasteiger partial charge is 0.335 e. The SMILES string of the molecule is CCCCCCCc1ccc(-c2ccc(C(=O)O)cc2F)cc1.OCCc1ccccn1. The Morgan fingerprint density at radius 3 is 2.28 bits per heavy atom. The van der Waals surface area contributed by atoms with Crippen molar-refractivity contribution in [1.82, 2.24) is 4.98 Å². The van der Waals surface area contributed by atoms with Crippen molar-refractivity contribution in [3.05, 3.63) is 89.5 Å². The summed E-state index contributed by atoms with van der Waals surface area (Å²) in [6, 6.07) is 17.6. The van der Waals surface area contributed by atoms with E-state index in [1.54, 1.807) is 6.20 Å². The van der Waals surface area contributed by atoms with Crippen LogP contribution in [-0.4, -0.2) is 27.8 Å². The number of aliphatic hydroxyl groups is 1. The Hall–Kier alpha value is -3.05. The van der Waals surface area contributed by atoms with Crippen LogP contribution in [0.3, 0.4) is 0 Å². The van der Waals surface area contributed by atoms with Crippen molar-refractivity contribution in [2.45, 2.75) is 51.9 Å². The second kappa shape index (κ2) is 14.1. The molecule has 0 saturated carbocycles. The molecule has 0 saturated heterocycles. The summed E-state index contributed by atoms with van der Waals surface area (Å²) in [6.45, 7) is 2.39. The molecule has 1 heterocycles. The van der Waals surface area contributed by atoms with Gasteiger partial charge in [0.1, 0.15) is 5.82 Å². The van der Waals surface area contributed by atoms with Crippen LogP contribution in [0, 0.1) is 5.82 Å². The summed E-state index contributed by atoms with van der Waals surface area (Å²) in [5.41, 5.74) is 3.38. The standard InChI is InChI=1S/C20H23FO2.C7H9NO/c1-2-3-4-5-6-7-15-8-10-16(11-9-15)18-13-12-17(20(22)23)14-19(18)21;9-6-4-7-3-1-2-5-8-7/h8-14H,2-7H2,1H3,(H,22,23);1-3,5,9H,4,6H2. The largest absolute Gasteiger partial charge is 0.478 e. The molecule has 0 atom stereocenters. The molecular weight excluding hydrogens is 405 g/mol. The zero-order valence-corrected chi connectivity index (χ0v) is 18.6. The molecule has 0 radical (unpaired) electrons. The van der Waals surface area contributed by atoms with E-state index >= 15 is 0 Å². The van der Waals surface area contributed by atoms with E-state index in [0.29, 0.717) is 12.0 Å². The highest BCUT2D eigenvalue weighted by Crippen LogP contribution is 2.24. The topological polar surface area (TPSA) is 70.4 Å². The Morgan fingerprint density at radius 1 is 0.938 bits per heavy atom. The van der Waals surface area contributed by atoms with Crippen molar-refractivity contribution in [3.63, 3.8) is 0 Å². The maximum Gasteiger partial charge on any atom is 0.335 e. The predicted octanol–water partition coefficient (Wildman–Crippen LogP) is 6.32. The number of halogens is 1. The summed E-state index contributed by atoms with van der Waals surface area (Å²) >= 11 is 0. The second-order valence-corrected chi connectivity index (χ2v) is 7.66. The van der Waals surface area contributed by atoms with Gasteiger partial charge in [-0.05, 0) is 48.2 Å². The Morgan fingerprint density at radius 2 is 1.69 bits per heavy atom. The van der Waals surface area contributed by atoms with Crippen LogP contribution in [0.5, 0.6) is 0 Å². The molecule has 0 bridgehead atoms. The summed E-state index contributed by atoms with van der Waals surface area (Å²) in [5.74, 6) is -1.62. The lowest BCUT2D eigenvalue weighted by Gasteiger charge is -2.07. The minimum absolute atomic E-state index is 0.0325. The third-order valence-corrected chi connectivity index (χ3v) is 5.14. The Labute approximate surface area is 189 Å². The van der Waals surface area contributed by atoms with Gasteiger partial charge in [-0.15, -0.1) is 0 Å². The normalized spacial score (nSPS) is 10.3. The molecule has 0 unspecified atom stereocenters. The Balaban J connectivity index is 0.000000336. The molecule has 0 aliphatic heterocycles. The lowest BCUT2D eigenvalue weighted by atomic mass is 9.99. The quantitative estimate of drug-likeness (QED) is 0.364. The highest BCUT2D eigenvalue weighted by molar-refractivity contribution is 5.88. The molecule has 0 fully saturated rings. The number of aryl methyl sites for hydroxylation is 1. The molecule has 32 heavy (non-hydrogen) atoms. The van der Waals surface area contributed by atoms with Gasteiger partial charge in [0.15, 0.2) is 0 Å². The number of hydrogen-bond donors (Lipinski definition) is 2. The zero-order chi connectivity index (χ0) is 23.2. The molecule has 0 spiro atoms. The number of carbonyl (C=O) groups is 1. The third kappa shape index (κ3) is 8.60. The van der Waals surface area contributed by atoms with Crippen LogP contribution < -0.4 is 0 Å². The number of pyridine rings is 1. The fourth-order valence-corrected chi connectivity index (χ4v) is 3.33. The number of aromatic carboxylic acids is 1. The van der Waals surface area contributed by atoms with Gasteiger partial charge in [0.05, 0.1) is 5.56 Å². The molecule has 2 N–H and O–H groups in total. The number of benzene rings is 2. The fraction of sp³-hybridized carbons (Fsp3) is 0.333. The van der Waals surface area contributed by atoms with Crippen molar-refractivity contribution >= 4 is 5.97 Å². The maximum absolute atomic E-state index is 14.1. The summed E-state index contributed by atoms with van der Waals surface area (Å²) < 4.78 is 14.1. The summed E-state index contributed by atoms with van der Waals surface area (Å²) in [6.07, 6.45) is 9.69. The van der Waals surface area contributed by atoms with Gasteiger partial charge >= 0.3 is 5.97 Å². The number of nitrogens with zero attached hydrogens (tertiary/aromatic N) is 1. The summed E-state index contributed by atoms with van der Waals surface area (Å²) in [5, 5.41) is 17.4. The molecule has 170 valence electrons. The third-order valence-electron chi connectivity index (χ3n) is 5.14. The van der Waals surface area contributed by atoms with E-state index in [9.17, 15) is 9.18 Å². The van der Waals surface area contributed by atoms with Gasteiger partial charge in [0.25, 0.3) is 0 Å². The molecule has 3 rings (SSSR count). The molecule has 5 heteroatoms. The average molecular weight is 438 g/mol. The summed E-state index contributed by atoms with van der Waals surface area (Å²) in [4.78, 5) is 14.9. The monoisotopic (exact) mass is 437 g/mol. The van der Waals surface area contributed by atoms with Gasteiger partial charge in [0, 0.05) is 30.5 Å². The van der Waals surface area contributed by atoms with Crippen molar-refractivity contribution in [2.24, 2.45) is 0 Å². The first-order valence-electron chi connectivity index (χ1n) is 11.2. The second-order valence-electron chi connectivity index (χ2n) is 7.66. The molecule has 4 nitrogen and oxygen atoms in total. The number of aliphatic hydroxyl groups excluding tert-OH is 1. The van der Waals surface area contributed by atoms with Gasteiger partial charge in [-0.1, -0.05) is 69.0 Å². The number of carboxylic acids is 1. The number of aromatic nitrogens is 1. The lowest BCUT2D eigenvalue weighted by molar-refractivity contribution is 0.0696. The number of hydrogen-bond acceptors (Lipinski definition) is 3. The van der Waals surface area contributed by atoms with Crippen LogP contribution in [0.2, 0.25) is 0 Å². The van der Waals surface area contributed by atoms with Gasteiger partial charge in [-0.2, -0.15) is 0 Å². The van der Waals surface area contributed by atoms with Crippen LogP contribution >= 0.6 is 0 Å². The number of rotatable bonds is 10. The van der Waals surface area contributed by atoms with Crippen molar-refractivity contribution in [3.8, 4) is 11.1 Å². The van der Waals surface area contributed by atoms with Gasteiger partial charge in [-0.25, -0.2) is 9.18 Å². The van der Waals surface area contributed by atoms with Gasteiger partial charge < -0.3 is 10.2 Å². The minimum Gasteiger partial charge on any atom is -0.478 e. The summed E-state index contributed by atoms with van der Waals surface area (Å²) in [7, 11) is 0. The lowest BCUT2D eigenvalue weighted by Crippen LogP contribution is -1.97. The van der Waals surface area contributed by atoms with E-state index in [1.165, 1.54) is 49.8 Å². The van der Waals surface area contributed by atoms with Crippen molar-refractivity contribution < 1.29 is 19.4 Å². The average Bonchev–Trinajstić information content (AvgIpc) is 2.81. The molecule has 0 amide bonds. The van der Waals surface area contributed by atoms with E-state index in [0.717, 1.165) is 23.7 Å². The van der Waals surface area contributed by atoms with Crippen LogP contribution in [0.4, 0.5) is 4.39 Å². The van der Waals surface area contributed by atoms with Crippen LogP contribution in [-0.2, 0) is 12.8 Å². The fourth-order valence-electron chi connectivity index (χ4n) is 3.33. The van der Waals surface area contributed by atoms with Crippen LogP contribution in [0.1, 0.15) is 60.6 Å². The van der Waals surface area contributed by atoms with E-state index in [2.05, 4.69) is 11.9 Å². The first-order valence-corrected chi connectivity index (χ1v) is 11.2. The van der Waals surface area contributed by atoms with E-state index in [-0.39, 0.29) is 12.2 Å². The highest BCUT2D eigenvalue weighted by Gasteiger charge is 2.09. The predicted molar refractivity (Wildman–Crippen MR) is 126 cm³/mol. The van der Waals surface area contributed by atoms with Gasteiger partial charge in [-0.3, -0.25) is 4.98 Å².